The van der Waals surface area contributed by atoms with Crippen molar-refractivity contribution >= 4 is 34.7 Å². The maximum absolute atomic E-state index is 12.9. The Hall–Kier alpha value is -2.79. The third-order valence-electron chi connectivity index (χ3n) is 4.44. The summed E-state index contributed by atoms with van der Waals surface area (Å²) >= 11 is 6.20. The first-order chi connectivity index (χ1) is 13.3. The Balaban J connectivity index is 2.02. The number of benzene rings is 2. The summed E-state index contributed by atoms with van der Waals surface area (Å²) in [6, 6.07) is 12.6. The molecular weight excluding hydrogens is 376 g/mol. The lowest BCUT2D eigenvalue weighted by Crippen LogP contribution is -2.32. The van der Waals surface area contributed by atoms with Crippen molar-refractivity contribution in [1.29, 1.82) is 0 Å². The summed E-state index contributed by atoms with van der Waals surface area (Å²) in [7, 11) is 0. The molecule has 5 nitrogen and oxygen atoms in total. The molecule has 6 heteroatoms. The quantitative estimate of drug-likeness (QED) is 0.719. The summed E-state index contributed by atoms with van der Waals surface area (Å²) < 4.78 is 5.66. The number of amides is 2. The van der Waals surface area contributed by atoms with E-state index in [1.807, 2.05) is 32.9 Å². The van der Waals surface area contributed by atoms with Crippen molar-refractivity contribution in [3.05, 3.63) is 64.3 Å². The number of carbonyl (C=O) groups is 2. The number of aryl methyl sites for hydroxylation is 1. The first-order valence-electron chi connectivity index (χ1n) is 9.22. The van der Waals surface area contributed by atoms with Gasteiger partial charge in [-0.15, -0.1) is 0 Å². The first-order valence-corrected chi connectivity index (χ1v) is 9.60. The second-order valence-corrected chi connectivity index (χ2v) is 7.29. The van der Waals surface area contributed by atoms with Crippen molar-refractivity contribution in [1.82, 2.24) is 4.90 Å². The average molecular weight is 399 g/mol. The normalized spacial score (nSPS) is 14.3. The van der Waals surface area contributed by atoms with E-state index in [4.69, 9.17) is 16.3 Å². The molecule has 0 unspecified atom stereocenters. The summed E-state index contributed by atoms with van der Waals surface area (Å²) in [4.78, 5) is 26.9. The fourth-order valence-corrected chi connectivity index (χ4v) is 3.21. The number of hydrogen-bond acceptors (Lipinski definition) is 4. The molecule has 0 bridgehead atoms. The zero-order valence-corrected chi connectivity index (χ0v) is 17.1. The molecule has 0 saturated carbocycles. The number of nitrogens with one attached hydrogen (secondary N) is 1. The minimum absolute atomic E-state index is 0.0545. The van der Waals surface area contributed by atoms with Gasteiger partial charge in [-0.2, -0.15) is 0 Å². The highest BCUT2D eigenvalue weighted by atomic mass is 35.5. The standard InChI is InChI=1S/C22H23ClN2O3/c1-5-25-21(26)19(15-7-10-17(11-8-15)28-13(2)3)20(22(25)27)24-16-9-6-14(4)18(23)12-16/h6-13,24H,5H2,1-4H3. The Labute approximate surface area is 169 Å². The van der Waals surface area contributed by atoms with Crippen LogP contribution < -0.4 is 10.1 Å². The van der Waals surface area contributed by atoms with Gasteiger partial charge in [0.05, 0.1) is 11.7 Å². The third kappa shape index (κ3) is 3.90. The molecule has 0 atom stereocenters. The van der Waals surface area contributed by atoms with Crippen molar-refractivity contribution in [3.63, 3.8) is 0 Å². The molecule has 1 N–H and O–H groups in total. The predicted octanol–water partition coefficient (Wildman–Crippen LogP) is 4.65. The average Bonchev–Trinajstić information content (AvgIpc) is 2.88. The van der Waals surface area contributed by atoms with Crippen LogP contribution in [0.3, 0.4) is 0 Å². The molecule has 0 fully saturated rings. The van der Waals surface area contributed by atoms with Crippen molar-refractivity contribution in [2.45, 2.75) is 33.8 Å². The first kappa shape index (κ1) is 20.0. The van der Waals surface area contributed by atoms with E-state index >= 15 is 0 Å². The van der Waals surface area contributed by atoms with Gasteiger partial charge in [0.15, 0.2) is 0 Å². The van der Waals surface area contributed by atoms with Gasteiger partial charge in [0.1, 0.15) is 11.4 Å². The van der Waals surface area contributed by atoms with Crippen LogP contribution in [0.4, 0.5) is 5.69 Å². The number of hydrogen-bond donors (Lipinski definition) is 1. The van der Waals surface area contributed by atoms with E-state index in [0.717, 1.165) is 5.56 Å². The van der Waals surface area contributed by atoms with Gasteiger partial charge in [-0.1, -0.05) is 29.8 Å². The number of imide groups is 1. The molecule has 1 aliphatic heterocycles. The van der Waals surface area contributed by atoms with Gasteiger partial charge in [-0.05, 0) is 63.1 Å². The Bertz CT molecular complexity index is 949. The molecule has 0 saturated heterocycles. The van der Waals surface area contributed by atoms with Crippen molar-refractivity contribution in [3.8, 4) is 5.75 Å². The van der Waals surface area contributed by atoms with Gasteiger partial charge in [0.25, 0.3) is 11.8 Å². The fraction of sp³-hybridized carbons (Fsp3) is 0.273. The van der Waals surface area contributed by atoms with E-state index < -0.39 is 0 Å². The minimum atomic E-state index is -0.346. The summed E-state index contributed by atoms with van der Waals surface area (Å²) in [6.45, 7) is 7.88. The van der Waals surface area contributed by atoms with Crippen LogP contribution in [0.15, 0.2) is 48.2 Å². The number of halogens is 1. The van der Waals surface area contributed by atoms with E-state index in [0.29, 0.717) is 34.1 Å². The molecule has 1 aliphatic rings. The van der Waals surface area contributed by atoms with Crippen molar-refractivity contribution < 1.29 is 14.3 Å². The lowest BCUT2D eigenvalue weighted by atomic mass is 10.0. The SMILES string of the molecule is CCN1C(=O)C(Nc2ccc(C)c(Cl)c2)=C(c2ccc(OC(C)C)cc2)C1=O. The zero-order chi connectivity index (χ0) is 20.4. The summed E-state index contributed by atoms with van der Waals surface area (Å²) in [6.07, 6.45) is 0.0545. The molecule has 3 rings (SSSR count). The zero-order valence-electron chi connectivity index (χ0n) is 16.4. The molecule has 1 heterocycles. The lowest BCUT2D eigenvalue weighted by Gasteiger charge is -2.12. The lowest BCUT2D eigenvalue weighted by molar-refractivity contribution is -0.136. The van der Waals surface area contributed by atoms with Crippen LogP contribution in [0, 0.1) is 6.92 Å². The Kier molecular flexibility index (Phi) is 5.75. The number of rotatable bonds is 6. The number of ether oxygens (including phenoxy) is 1. The maximum atomic E-state index is 12.9. The maximum Gasteiger partial charge on any atom is 0.278 e. The third-order valence-corrected chi connectivity index (χ3v) is 4.85. The number of nitrogens with zero attached hydrogens (tertiary/aromatic N) is 1. The van der Waals surface area contributed by atoms with Gasteiger partial charge in [0, 0.05) is 17.3 Å². The second kappa shape index (κ2) is 8.07. The van der Waals surface area contributed by atoms with Gasteiger partial charge in [0.2, 0.25) is 0 Å². The van der Waals surface area contributed by atoms with Crippen LogP contribution in [-0.4, -0.2) is 29.4 Å². The smallest absolute Gasteiger partial charge is 0.278 e. The van der Waals surface area contributed by atoms with Crippen molar-refractivity contribution in [2.24, 2.45) is 0 Å². The van der Waals surface area contributed by atoms with Gasteiger partial charge in [-0.25, -0.2) is 0 Å². The van der Waals surface area contributed by atoms with Gasteiger partial charge >= 0.3 is 0 Å². The van der Waals surface area contributed by atoms with Crippen LogP contribution in [-0.2, 0) is 9.59 Å². The van der Waals surface area contributed by atoms with Gasteiger partial charge in [-0.3, -0.25) is 14.5 Å². The number of carbonyl (C=O) groups excluding carboxylic acids is 2. The molecule has 2 amide bonds. The van der Waals surface area contributed by atoms with Crippen molar-refractivity contribution in [2.75, 3.05) is 11.9 Å². The van der Waals surface area contributed by atoms with E-state index in [1.165, 1.54) is 4.90 Å². The topological polar surface area (TPSA) is 58.6 Å². The predicted molar refractivity (Wildman–Crippen MR) is 111 cm³/mol. The van der Waals surface area contributed by atoms with Crippen LogP contribution in [0.1, 0.15) is 31.9 Å². The van der Waals surface area contributed by atoms with E-state index in [9.17, 15) is 9.59 Å². The van der Waals surface area contributed by atoms with E-state index in [2.05, 4.69) is 5.32 Å². The molecule has 0 radical (unpaired) electrons. The fourth-order valence-electron chi connectivity index (χ4n) is 3.03. The summed E-state index contributed by atoms with van der Waals surface area (Å²) in [5, 5.41) is 3.69. The highest BCUT2D eigenvalue weighted by Gasteiger charge is 2.38. The molecule has 28 heavy (non-hydrogen) atoms. The molecule has 2 aromatic rings. The second-order valence-electron chi connectivity index (χ2n) is 6.88. The van der Waals surface area contributed by atoms with Crippen LogP contribution in [0.2, 0.25) is 5.02 Å². The summed E-state index contributed by atoms with van der Waals surface area (Å²) in [5.74, 6) is 0.0516. The monoisotopic (exact) mass is 398 g/mol. The molecule has 0 spiro atoms. The minimum Gasteiger partial charge on any atom is -0.491 e. The van der Waals surface area contributed by atoms with E-state index in [-0.39, 0.29) is 23.6 Å². The molecule has 2 aromatic carbocycles. The molecular formula is C22H23ClN2O3. The largest absolute Gasteiger partial charge is 0.491 e. The Morgan fingerprint density at radius 2 is 1.75 bits per heavy atom. The summed E-state index contributed by atoms with van der Waals surface area (Å²) in [5.41, 5.74) is 2.85. The molecule has 0 aliphatic carbocycles. The number of anilines is 1. The Morgan fingerprint density at radius 3 is 2.32 bits per heavy atom. The molecule has 0 aromatic heterocycles. The van der Waals surface area contributed by atoms with Crippen LogP contribution in [0.25, 0.3) is 5.57 Å². The van der Waals surface area contributed by atoms with Gasteiger partial charge < -0.3 is 10.1 Å². The highest BCUT2D eigenvalue weighted by Crippen LogP contribution is 2.32. The number of likely N-dealkylation sites (N-methyl/N-ethyl adjacent to an activating group) is 1. The van der Waals surface area contributed by atoms with E-state index in [1.54, 1.807) is 37.3 Å². The Morgan fingerprint density at radius 1 is 1.07 bits per heavy atom. The van der Waals surface area contributed by atoms with Crippen LogP contribution in [0.5, 0.6) is 5.75 Å². The highest BCUT2D eigenvalue weighted by molar-refractivity contribution is 6.36. The van der Waals surface area contributed by atoms with Crippen LogP contribution >= 0.6 is 11.6 Å². The molecule has 146 valence electrons.